The molecule has 0 unspecified atom stereocenters. The van der Waals surface area contributed by atoms with Gasteiger partial charge < -0.3 is 15.4 Å². The zero-order chi connectivity index (χ0) is 14.9. The first-order chi connectivity index (χ1) is 10.3. The normalized spacial score (nSPS) is 16.6. The summed E-state index contributed by atoms with van der Waals surface area (Å²) < 4.78 is 5.69. The van der Waals surface area contributed by atoms with E-state index in [-0.39, 0.29) is 0 Å². The van der Waals surface area contributed by atoms with Crippen molar-refractivity contribution in [2.45, 2.75) is 6.42 Å². The lowest BCUT2D eigenvalue weighted by molar-refractivity contribution is 0.128. The lowest BCUT2D eigenvalue weighted by Gasteiger charge is -2.34. The highest BCUT2D eigenvalue weighted by molar-refractivity contribution is 5.34. The zero-order valence-corrected chi connectivity index (χ0v) is 12.5. The van der Waals surface area contributed by atoms with Gasteiger partial charge in [0.2, 0.25) is 0 Å². The first kappa shape index (κ1) is 15.8. The molecule has 114 valence electrons. The maximum atomic E-state index is 8.73. The van der Waals surface area contributed by atoms with Crippen molar-refractivity contribution in [1.29, 1.82) is 5.26 Å². The number of nitriles is 1. The monoisotopic (exact) mass is 288 g/mol. The van der Waals surface area contributed by atoms with Crippen LogP contribution in [0.3, 0.4) is 0 Å². The van der Waals surface area contributed by atoms with Gasteiger partial charge in [-0.05, 0) is 30.7 Å². The van der Waals surface area contributed by atoms with Crippen molar-refractivity contribution in [3.63, 3.8) is 0 Å². The quantitative estimate of drug-likeness (QED) is 0.755. The lowest BCUT2D eigenvalue weighted by Crippen LogP contribution is -2.48. The molecular weight excluding hydrogens is 264 g/mol. The summed E-state index contributed by atoms with van der Waals surface area (Å²) in [4.78, 5) is 4.90. The predicted molar refractivity (Wildman–Crippen MR) is 83.2 cm³/mol. The Morgan fingerprint density at radius 2 is 1.67 bits per heavy atom. The van der Waals surface area contributed by atoms with Crippen LogP contribution in [0.2, 0.25) is 0 Å². The highest BCUT2D eigenvalue weighted by Gasteiger charge is 2.15. The zero-order valence-electron chi connectivity index (χ0n) is 12.5. The minimum Gasteiger partial charge on any atom is -0.494 e. The van der Waals surface area contributed by atoms with E-state index in [1.165, 1.54) is 0 Å². The first-order valence-electron chi connectivity index (χ1n) is 7.59. The van der Waals surface area contributed by atoms with Crippen molar-refractivity contribution in [3.8, 4) is 11.8 Å². The van der Waals surface area contributed by atoms with Crippen molar-refractivity contribution < 1.29 is 4.74 Å². The van der Waals surface area contributed by atoms with Crippen molar-refractivity contribution in [1.82, 2.24) is 9.80 Å². The Morgan fingerprint density at radius 1 is 1.05 bits per heavy atom. The number of piperazine rings is 1. The van der Waals surface area contributed by atoms with E-state index < -0.39 is 0 Å². The molecule has 1 aliphatic rings. The molecule has 0 spiro atoms. The van der Waals surface area contributed by atoms with Gasteiger partial charge in [-0.3, -0.25) is 4.90 Å². The van der Waals surface area contributed by atoms with Crippen molar-refractivity contribution in [2.75, 3.05) is 52.4 Å². The van der Waals surface area contributed by atoms with Gasteiger partial charge in [0, 0.05) is 45.8 Å². The summed E-state index contributed by atoms with van der Waals surface area (Å²) in [6.45, 7) is 8.03. The molecule has 1 fully saturated rings. The molecule has 0 atom stereocenters. The van der Waals surface area contributed by atoms with E-state index in [1.54, 1.807) is 12.1 Å². The van der Waals surface area contributed by atoms with Crippen LogP contribution in [0.25, 0.3) is 0 Å². The van der Waals surface area contributed by atoms with Crippen LogP contribution in [0.1, 0.15) is 12.0 Å². The maximum Gasteiger partial charge on any atom is 0.119 e. The smallest absolute Gasteiger partial charge is 0.119 e. The third-order valence-electron chi connectivity index (χ3n) is 3.78. The average molecular weight is 288 g/mol. The molecule has 0 amide bonds. The Balaban J connectivity index is 1.59. The molecule has 0 aliphatic carbocycles. The summed E-state index contributed by atoms with van der Waals surface area (Å²) in [5.74, 6) is 0.835. The molecule has 1 aromatic rings. The van der Waals surface area contributed by atoms with Crippen LogP contribution in [0, 0.1) is 11.3 Å². The first-order valence-corrected chi connectivity index (χ1v) is 7.59. The van der Waals surface area contributed by atoms with Crippen LogP contribution < -0.4 is 10.5 Å². The third-order valence-corrected chi connectivity index (χ3v) is 3.78. The Bertz CT molecular complexity index is 446. The van der Waals surface area contributed by atoms with Crippen molar-refractivity contribution in [3.05, 3.63) is 29.8 Å². The molecule has 2 rings (SSSR count). The third kappa shape index (κ3) is 5.35. The molecule has 1 aliphatic heterocycles. The van der Waals surface area contributed by atoms with Crippen LogP contribution in [-0.4, -0.2) is 62.2 Å². The van der Waals surface area contributed by atoms with Crippen LogP contribution >= 0.6 is 0 Å². The summed E-state index contributed by atoms with van der Waals surface area (Å²) in [5, 5.41) is 8.73. The van der Waals surface area contributed by atoms with Gasteiger partial charge in [0.1, 0.15) is 5.75 Å². The molecule has 1 heterocycles. The van der Waals surface area contributed by atoms with Gasteiger partial charge >= 0.3 is 0 Å². The summed E-state index contributed by atoms with van der Waals surface area (Å²) in [5.41, 5.74) is 6.24. The molecule has 0 aromatic heterocycles. The van der Waals surface area contributed by atoms with Crippen LogP contribution in [-0.2, 0) is 0 Å². The molecule has 0 saturated carbocycles. The minimum absolute atomic E-state index is 0.665. The number of hydrogen-bond donors (Lipinski definition) is 1. The fraction of sp³-hybridized carbons (Fsp3) is 0.562. The van der Waals surface area contributed by atoms with Gasteiger partial charge in [-0.15, -0.1) is 0 Å². The standard InChI is InChI=1S/C16H24N4O/c17-6-8-20-11-9-19(10-12-20)7-1-13-21-16-4-2-15(14-18)3-5-16/h2-5H,1,6-13,17H2. The molecule has 5 heteroatoms. The minimum atomic E-state index is 0.665. The number of ether oxygens (including phenoxy) is 1. The van der Waals surface area contributed by atoms with Crippen molar-refractivity contribution >= 4 is 0 Å². The number of nitrogens with two attached hydrogens (primary N) is 1. The fourth-order valence-electron chi connectivity index (χ4n) is 2.52. The maximum absolute atomic E-state index is 8.73. The summed E-state index contributed by atoms with van der Waals surface area (Å²) >= 11 is 0. The summed E-state index contributed by atoms with van der Waals surface area (Å²) in [6, 6.07) is 9.37. The summed E-state index contributed by atoms with van der Waals surface area (Å²) in [7, 11) is 0. The second kappa shape index (κ2) is 8.63. The van der Waals surface area contributed by atoms with Crippen LogP contribution in [0.4, 0.5) is 0 Å². The number of benzene rings is 1. The van der Waals surface area contributed by atoms with Gasteiger partial charge in [0.25, 0.3) is 0 Å². The van der Waals surface area contributed by atoms with Gasteiger partial charge in [-0.25, -0.2) is 0 Å². The molecule has 5 nitrogen and oxygen atoms in total. The Labute approximate surface area is 126 Å². The van der Waals surface area contributed by atoms with Crippen molar-refractivity contribution in [2.24, 2.45) is 5.73 Å². The molecular formula is C16H24N4O. The van der Waals surface area contributed by atoms with Gasteiger partial charge in [-0.2, -0.15) is 5.26 Å². The number of nitrogens with zero attached hydrogens (tertiary/aromatic N) is 3. The highest BCUT2D eigenvalue weighted by Crippen LogP contribution is 2.12. The van der Waals surface area contributed by atoms with E-state index in [4.69, 9.17) is 15.7 Å². The van der Waals surface area contributed by atoms with Gasteiger partial charge in [0.15, 0.2) is 0 Å². The predicted octanol–water partition coefficient (Wildman–Crippen LogP) is 0.903. The van der Waals surface area contributed by atoms with Gasteiger partial charge in [0.05, 0.1) is 18.2 Å². The second-order valence-corrected chi connectivity index (χ2v) is 5.31. The topological polar surface area (TPSA) is 65.5 Å². The van der Waals surface area contributed by atoms with Crippen LogP contribution in [0.5, 0.6) is 5.75 Å². The number of rotatable bonds is 7. The largest absolute Gasteiger partial charge is 0.494 e. The molecule has 21 heavy (non-hydrogen) atoms. The molecule has 0 radical (unpaired) electrons. The molecule has 2 N–H and O–H groups in total. The van der Waals surface area contributed by atoms with E-state index in [2.05, 4.69) is 15.9 Å². The second-order valence-electron chi connectivity index (χ2n) is 5.31. The molecule has 1 saturated heterocycles. The molecule has 1 aromatic carbocycles. The highest BCUT2D eigenvalue weighted by atomic mass is 16.5. The lowest BCUT2D eigenvalue weighted by atomic mass is 10.2. The Hall–Kier alpha value is -1.61. The Morgan fingerprint density at radius 3 is 2.24 bits per heavy atom. The SMILES string of the molecule is N#Cc1ccc(OCCCN2CCN(CCN)CC2)cc1. The van der Waals surface area contributed by atoms with E-state index in [1.807, 2.05) is 12.1 Å². The Kier molecular flexibility index (Phi) is 6.48. The fourth-order valence-corrected chi connectivity index (χ4v) is 2.52. The number of hydrogen-bond acceptors (Lipinski definition) is 5. The summed E-state index contributed by atoms with van der Waals surface area (Å²) in [6.07, 6.45) is 1.02. The van der Waals surface area contributed by atoms with E-state index >= 15 is 0 Å². The van der Waals surface area contributed by atoms with E-state index in [0.717, 1.165) is 64.6 Å². The molecule has 0 bridgehead atoms. The van der Waals surface area contributed by atoms with E-state index in [0.29, 0.717) is 5.56 Å². The van der Waals surface area contributed by atoms with E-state index in [9.17, 15) is 0 Å². The average Bonchev–Trinajstić information content (AvgIpc) is 2.54. The van der Waals surface area contributed by atoms with Crippen LogP contribution in [0.15, 0.2) is 24.3 Å². The van der Waals surface area contributed by atoms with Gasteiger partial charge in [-0.1, -0.05) is 0 Å².